The van der Waals surface area contributed by atoms with E-state index in [-0.39, 0.29) is 17.4 Å². The number of imide groups is 1. The van der Waals surface area contributed by atoms with Crippen molar-refractivity contribution in [3.05, 3.63) is 36.5 Å². The number of hydrogen-bond donors (Lipinski definition) is 0. The van der Waals surface area contributed by atoms with E-state index in [0.717, 1.165) is 4.90 Å². The third-order valence-corrected chi connectivity index (χ3v) is 1.90. The summed E-state index contributed by atoms with van der Waals surface area (Å²) in [5.41, 5.74) is 0.605. The molecule has 3 nitrogen and oxygen atoms in total. The largest absolute Gasteiger partial charge is 0.275 e. The Labute approximate surface area is 105 Å². The van der Waals surface area contributed by atoms with Gasteiger partial charge in [-0.25, -0.2) is 0 Å². The standard InChI is InChI=1S/C10H11NO2.2C2H6/c1-4-6-8-7(3)9(12)11(5-2)10(8)13;2*1-2/h4,6H,1,3,5H2,2H3;2*1-2H3/b8-6+;;. The Morgan fingerprint density at radius 2 is 1.59 bits per heavy atom. The third kappa shape index (κ3) is 4.02. The maximum absolute atomic E-state index is 11.5. The second-order valence-corrected chi connectivity index (χ2v) is 2.65. The SMILES string of the molecule is C=C/C=C1\C(=C)C(=O)N(CC)C1=O.CC.CC. The Morgan fingerprint density at radius 1 is 1.12 bits per heavy atom. The molecule has 0 aromatic rings. The van der Waals surface area contributed by atoms with Crippen molar-refractivity contribution in [3.8, 4) is 0 Å². The molecule has 0 saturated carbocycles. The molecule has 0 aromatic carbocycles. The van der Waals surface area contributed by atoms with Crippen LogP contribution in [0.25, 0.3) is 0 Å². The number of carbonyl (C=O) groups is 2. The van der Waals surface area contributed by atoms with Gasteiger partial charge in [-0.1, -0.05) is 46.9 Å². The fourth-order valence-electron chi connectivity index (χ4n) is 1.22. The minimum atomic E-state index is -0.305. The van der Waals surface area contributed by atoms with Crippen molar-refractivity contribution < 1.29 is 9.59 Å². The lowest BCUT2D eigenvalue weighted by Gasteiger charge is -2.07. The van der Waals surface area contributed by atoms with Crippen molar-refractivity contribution in [1.82, 2.24) is 4.90 Å². The highest BCUT2D eigenvalue weighted by Crippen LogP contribution is 2.22. The first-order valence-electron chi connectivity index (χ1n) is 6.01. The summed E-state index contributed by atoms with van der Waals surface area (Å²) in [6.45, 7) is 17.2. The van der Waals surface area contributed by atoms with Gasteiger partial charge in [-0.2, -0.15) is 0 Å². The number of allylic oxidation sites excluding steroid dienone is 2. The number of nitrogens with zero attached hydrogens (tertiary/aromatic N) is 1. The van der Waals surface area contributed by atoms with E-state index in [9.17, 15) is 9.59 Å². The fraction of sp³-hybridized carbons (Fsp3) is 0.429. The maximum atomic E-state index is 11.5. The Morgan fingerprint density at radius 3 is 1.88 bits per heavy atom. The van der Waals surface area contributed by atoms with E-state index in [2.05, 4.69) is 13.2 Å². The lowest BCUT2D eigenvalue weighted by Crippen LogP contribution is -2.28. The molecule has 3 heteroatoms. The molecular formula is C14H23NO2. The smallest absolute Gasteiger partial charge is 0.261 e. The monoisotopic (exact) mass is 237 g/mol. The zero-order chi connectivity index (χ0) is 14.0. The molecular weight excluding hydrogens is 214 g/mol. The van der Waals surface area contributed by atoms with Crippen LogP contribution in [-0.2, 0) is 9.59 Å². The summed E-state index contributed by atoms with van der Waals surface area (Å²) in [6, 6.07) is 0. The molecule has 0 unspecified atom stereocenters. The van der Waals surface area contributed by atoms with Crippen LogP contribution in [0.4, 0.5) is 0 Å². The van der Waals surface area contributed by atoms with E-state index in [1.807, 2.05) is 27.7 Å². The molecule has 1 heterocycles. The third-order valence-electron chi connectivity index (χ3n) is 1.90. The van der Waals surface area contributed by atoms with Crippen molar-refractivity contribution in [2.75, 3.05) is 6.54 Å². The molecule has 2 amide bonds. The predicted molar refractivity (Wildman–Crippen MR) is 72.5 cm³/mol. The van der Waals surface area contributed by atoms with Crippen molar-refractivity contribution in [1.29, 1.82) is 0 Å². The van der Waals surface area contributed by atoms with Gasteiger partial charge >= 0.3 is 0 Å². The van der Waals surface area contributed by atoms with Crippen LogP contribution in [0.3, 0.4) is 0 Å². The van der Waals surface area contributed by atoms with Crippen LogP contribution in [0.15, 0.2) is 36.5 Å². The Balaban J connectivity index is 0. The highest BCUT2D eigenvalue weighted by Gasteiger charge is 2.35. The number of amides is 2. The topological polar surface area (TPSA) is 37.4 Å². The summed E-state index contributed by atoms with van der Waals surface area (Å²) in [5.74, 6) is -0.585. The van der Waals surface area contributed by atoms with Gasteiger partial charge in [0.2, 0.25) is 0 Å². The molecule has 1 fully saturated rings. The predicted octanol–water partition coefficient (Wildman–Crippen LogP) is 3.10. The second-order valence-electron chi connectivity index (χ2n) is 2.65. The highest BCUT2D eigenvalue weighted by atomic mass is 16.2. The number of likely N-dealkylation sites (tertiary alicyclic amines) is 1. The van der Waals surface area contributed by atoms with Gasteiger partial charge < -0.3 is 0 Å². The van der Waals surface area contributed by atoms with Crippen LogP contribution in [-0.4, -0.2) is 23.3 Å². The van der Waals surface area contributed by atoms with E-state index in [0.29, 0.717) is 12.1 Å². The summed E-state index contributed by atoms with van der Waals surface area (Å²) in [6.07, 6.45) is 2.99. The molecule has 1 aliphatic rings. The number of hydrogen-bond acceptors (Lipinski definition) is 2. The van der Waals surface area contributed by atoms with Gasteiger partial charge in [-0.05, 0) is 13.0 Å². The second kappa shape index (κ2) is 9.58. The van der Waals surface area contributed by atoms with Gasteiger partial charge in [-0.15, -0.1) is 0 Å². The van der Waals surface area contributed by atoms with Crippen molar-refractivity contribution in [3.63, 3.8) is 0 Å². The average Bonchev–Trinajstić information content (AvgIpc) is 2.59. The normalized spacial score (nSPS) is 16.2. The molecule has 1 rings (SSSR count). The van der Waals surface area contributed by atoms with Crippen LogP contribution >= 0.6 is 0 Å². The Hall–Kier alpha value is -1.64. The van der Waals surface area contributed by atoms with E-state index in [1.165, 1.54) is 12.2 Å². The van der Waals surface area contributed by atoms with Crippen LogP contribution in [0.5, 0.6) is 0 Å². The first-order valence-corrected chi connectivity index (χ1v) is 6.01. The fourth-order valence-corrected chi connectivity index (χ4v) is 1.22. The van der Waals surface area contributed by atoms with Gasteiger partial charge in [0.15, 0.2) is 0 Å². The van der Waals surface area contributed by atoms with Gasteiger partial charge in [-0.3, -0.25) is 14.5 Å². The quantitative estimate of drug-likeness (QED) is 0.546. The maximum Gasteiger partial charge on any atom is 0.261 e. The lowest BCUT2D eigenvalue weighted by atomic mass is 10.1. The van der Waals surface area contributed by atoms with Crippen LogP contribution < -0.4 is 0 Å². The van der Waals surface area contributed by atoms with E-state index in [1.54, 1.807) is 6.92 Å². The van der Waals surface area contributed by atoms with E-state index in [4.69, 9.17) is 0 Å². The van der Waals surface area contributed by atoms with Crippen LogP contribution in [0, 0.1) is 0 Å². The zero-order valence-electron chi connectivity index (χ0n) is 11.5. The Bertz CT molecular complexity index is 327. The molecule has 17 heavy (non-hydrogen) atoms. The van der Waals surface area contributed by atoms with Gasteiger partial charge in [0.25, 0.3) is 11.8 Å². The van der Waals surface area contributed by atoms with Gasteiger partial charge in [0, 0.05) is 12.1 Å². The van der Waals surface area contributed by atoms with Crippen LogP contribution in [0.2, 0.25) is 0 Å². The molecule has 0 atom stereocenters. The molecule has 0 aliphatic carbocycles. The number of rotatable bonds is 2. The average molecular weight is 237 g/mol. The summed E-state index contributed by atoms with van der Waals surface area (Å²) < 4.78 is 0. The number of likely N-dealkylation sites (N-methyl/N-ethyl adjacent to an activating group) is 1. The first kappa shape index (κ1) is 17.7. The number of carbonyl (C=O) groups excluding carboxylic acids is 2. The Kier molecular flexibility index (Phi) is 10.00. The van der Waals surface area contributed by atoms with Crippen molar-refractivity contribution in [2.24, 2.45) is 0 Å². The molecule has 0 radical (unpaired) electrons. The van der Waals surface area contributed by atoms with Crippen LogP contribution in [0.1, 0.15) is 34.6 Å². The zero-order valence-corrected chi connectivity index (χ0v) is 11.5. The summed E-state index contributed by atoms with van der Waals surface area (Å²) in [5, 5.41) is 0. The van der Waals surface area contributed by atoms with E-state index < -0.39 is 0 Å². The van der Waals surface area contributed by atoms with Gasteiger partial charge in [0.05, 0.1) is 5.57 Å². The van der Waals surface area contributed by atoms with E-state index >= 15 is 0 Å². The summed E-state index contributed by atoms with van der Waals surface area (Å²) in [7, 11) is 0. The van der Waals surface area contributed by atoms with Gasteiger partial charge in [0.1, 0.15) is 0 Å². The molecule has 1 saturated heterocycles. The molecule has 0 aromatic heterocycles. The minimum absolute atomic E-state index is 0.256. The van der Waals surface area contributed by atoms with Crippen molar-refractivity contribution >= 4 is 11.8 Å². The first-order chi connectivity index (χ1) is 8.13. The van der Waals surface area contributed by atoms with Crippen molar-refractivity contribution in [2.45, 2.75) is 34.6 Å². The molecule has 1 aliphatic heterocycles. The lowest BCUT2D eigenvalue weighted by molar-refractivity contribution is -0.136. The molecule has 0 spiro atoms. The highest BCUT2D eigenvalue weighted by molar-refractivity contribution is 6.24. The molecule has 0 N–H and O–H groups in total. The minimum Gasteiger partial charge on any atom is -0.275 e. The molecule has 96 valence electrons. The summed E-state index contributed by atoms with van der Waals surface area (Å²) >= 11 is 0. The summed E-state index contributed by atoms with van der Waals surface area (Å²) in [4.78, 5) is 24.0. The molecule has 0 bridgehead atoms.